The largest absolute Gasteiger partial charge is 0.469 e. The Bertz CT molecular complexity index is 330. The van der Waals surface area contributed by atoms with Gasteiger partial charge in [-0.3, -0.25) is 9.79 Å². The normalized spacial score (nSPS) is 11.5. The molecule has 15 heavy (non-hydrogen) atoms. The number of nitrogens with zero attached hydrogens (tertiary/aromatic N) is 1. The first-order valence-corrected chi connectivity index (χ1v) is 5.74. The molecule has 0 aliphatic carbocycles. The van der Waals surface area contributed by atoms with E-state index in [2.05, 4.69) is 26.6 Å². The number of hydrogen-bond acceptors (Lipinski definition) is 4. The molecule has 0 saturated carbocycles. The summed E-state index contributed by atoms with van der Waals surface area (Å²) in [5.41, 5.74) is 2.13. The van der Waals surface area contributed by atoms with Gasteiger partial charge in [-0.25, -0.2) is 0 Å². The molecule has 1 rings (SSSR count). The van der Waals surface area contributed by atoms with Gasteiger partial charge < -0.3 is 4.74 Å². The molecule has 0 amide bonds. The van der Waals surface area contributed by atoms with Crippen LogP contribution in [-0.4, -0.2) is 25.3 Å². The van der Waals surface area contributed by atoms with Crippen molar-refractivity contribution < 1.29 is 9.53 Å². The van der Waals surface area contributed by atoms with E-state index in [4.69, 9.17) is 0 Å². The topological polar surface area (TPSA) is 38.7 Å². The SMILES string of the molecule is COC(=O)CC(C)=NCCc1ccsc1. The first-order chi connectivity index (χ1) is 7.22. The van der Waals surface area contributed by atoms with Gasteiger partial charge in [-0.1, -0.05) is 0 Å². The van der Waals surface area contributed by atoms with Crippen molar-refractivity contribution in [3.05, 3.63) is 22.4 Å². The third-order valence-electron chi connectivity index (χ3n) is 1.99. The van der Waals surface area contributed by atoms with Crippen LogP contribution in [0.4, 0.5) is 0 Å². The Morgan fingerprint density at radius 1 is 1.60 bits per heavy atom. The van der Waals surface area contributed by atoms with Crippen LogP contribution in [0.2, 0.25) is 0 Å². The van der Waals surface area contributed by atoms with Gasteiger partial charge in [0.05, 0.1) is 13.5 Å². The minimum absolute atomic E-state index is 0.230. The van der Waals surface area contributed by atoms with Gasteiger partial charge in [-0.05, 0) is 35.7 Å². The fraction of sp³-hybridized carbons (Fsp3) is 0.455. The highest BCUT2D eigenvalue weighted by molar-refractivity contribution is 7.07. The predicted octanol–water partition coefficient (Wildman–Crippen LogP) is 2.31. The molecule has 1 heterocycles. The summed E-state index contributed by atoms with van der Waals surface area (Å²) in [4.78, 5) is 15.2. The van der Waals surface area contributed by atoms with Crippen molar-refractivity contribution in [2.75, 3.05) is 13.7 Å². The van der Waals surface area contributed by atoms with Crippen molar-refractivity contribution in [3.63, 3.8) is 0 Å². The minimum Gasteiger partial charge on any atom is -0.469 e. The molecule has 0 N–H and O–H groups in total. The average Bonchev–Trinajstić information content (AvgIpc) is 2.70. The molecule has 0 spiro atoms. The average molecular weight is 225 g/mol. The molecule has 4 heteroatoms. The Balaban J connectivity index is 2.28. The molecule has 0 atom stereocenters. The maximum atomic E-state index is 10.9. The molecule has 0 aliphatic rings. The van der Waals surface area contributed by atoms with Gasteiger partial charge in [-0.2, -0.15) is 11.3 Å². The van der Waals surface area contributed by atoms with Gasteiger partial charge >= 0.3 is 5.97 Å². The third-order valence-corrected chi connectivity index (χ3v) is 2.72. The fourth-order valence-corrected chi connectivity index (χ4v) is 1.85. The van der Waals surface area contributed by atoms with Crippen LogP contribution in [0.15, 0.2) is 21.8 Å². The number of methoxy groups -OCH3 is 1. The lowest BCUT2D eigenvalue weighted by molar-refractivity contribution is -0.139. The molecule has 0 aromatic carbocycles. The second-order valence-electron chi connectivity index (χ2n) is 3.25. The van der Waals surface area contributed by atoms with Gasteiger partial charge in [0.15, 0.2) is 0 Å². The van der Waals surface area contributed by atoms with Gasteiger partial charge in [0.1, 0.15) is 0 Å². The summed E-state index contributed by atoms with van der Waals surface area (Å²) in [7, 11) is 1.39. The quantitative estimate of drug-likeness (QED) is 0.570. The zero-order valence-corrected chi connectivity index (χ0v) is 9.84. The van der Waals surface area contributed by atoms with E-state index in [1.54, 1.807) is 11.3 Å². The highest BCUT2D eigenvalue weighted by Crippen LogP contribution is 2.06. The van der Waals surface area contributed by atoms with Crippen LogP contribution in [-0.2, 0) is 16.0 Å². The molecule has 0 fully saturated rings. The number of hydrogen-bond donors (Lipinski definition) is 0. The second kappa shape index (κ2) is 6.35. The lowest BCUT2D eigenvalue weighted by atomic mass is 10.2. The van der Waals surface area contributed by atoms with Crippen LogP contribution in [0.5, 0.6) is 0 Å². The number of ether oxygens (including phenoxy) is 1. The molecule has 0 bridgehead atoms. The van der Waals surface area contributed by atoms with Crippen molar-refractivity contribution >= 4 is 23.0 Å². The molecule has 0 aliphatic heterocycles. The molecule has 3 nitrogen and oxygen atoms in total. The molecule has 0 radical (unpaired) electrons. The van der Waals surface area contributed by atoms with E-state index in [1.807, 2.05) is 6.92 Å². The first kappa shape index (κ1) is 11.9. The minimum atomic E-state index is -0.230. The lowest BCUT2D eigenvalue weighted by Crippen LogP contribution is -2.07. The van der Waals surface area contributed by atoms with Crippen molar-refractivity contribution in [2.45, 2.75) is 19.8 Å². The van der Waals surface area contributed by atoms with Crippen LogP contribution in [0, 0.1) is 0 Å². The van der Waals surface area contributed by atoms with E-state index in [0.29, 0.717) is 6.42 Å². The summed E-state index contributed by atoms with van der Waals surface area (Å²) in [6, 6.07) is 2.09. The number of carbonyl (C=O) groups is 1. The summed E-state index contributed by atoms with van der Waals surface area (Å²) in [5.74, 6) is -0.230. The zero-order chi connectivity index (χ0) is 11.1. The zero-order valence-electron chi connectivity index (χ0n) is 9.03. The molecule has 0 saturated heterocycles. The van der Waals surface area contributed by atoms with Gasteiger partial charge in [0, 0.05) is 12.3 Å². The summed E-state index contributed by atoms with van der Waals surface area (Å²) in [5, 5.41) is 4.17. The van der Waals surface area contributed by atoms with Gasteiger partial charge in [-0.15, -0.1) is 0 Å². The number of esters is 1. The highest BCUT2D eigenvalue weighted by atomic mass is 32.1. The second-order valence-corrected chi connectivity index (χ2v) is 4.03. The summed E-state index contributed by atoms with van der Waals surface area (Å²) in [6.45, 7) is 2.59. The smallest absolute Gasteiger partial charge is 0.311 e. The van der Waals surface area contributed by atoms with Crippen molar-refractivity contribution in [2.24, 2.45) is 4.99 Å². The Morgan fingerprint density at radius 3 is 3.00 bits per heavy atom. The Labute approximate surface area is 93.8 Å². The standard InChI is InChI=1S/C11H15NO2S/c1-9(7-11(13)14-2)12-5-3-10-4-6-15-8-10/h4,6,8H,3,5,7H2,1-2H3. The third kappa shape index (κ3) is 4.74. The summed E-state index contributed by atoms with van der Waals surface area (Å²) >= 11 is 1.69. The van der Waals surface area contributed by atoms with Crippen LogP contribution in [0.25, 0.3) is 0 Å². The van der Waals surface area contributed by atoms with Gasteiger partial charge in [0.25, 0.3) is 0 Å². The van der Waals surface area contributed by atoms with Crippen LogP contribution < -0.4 is 0 Å². The lowest BCUT2D eigenvalue weighted by Gasteiger charge is -1.99. The molecular weight excluding hydrogens is 210 g/mol. The fourth-order valence-electron chi connectivity index (χ4n) is 1.15. The molecular formula is C11H15NO2S. The number of carbonyl (C=O) groups excluding carboxylic acids is 1. The molecule has 82 valence electrons. The maximum absolute atomic E-state index is 10.9. The number of rotatable bonds is 5. The van der Waals surface area contributed by atoms with Crippen molar-refractivity contribution in [1.82, 2.24) is 0 Å². The van der Waals surface area contributed by atoms with E-state index < -0.39 is 0 Å². The van der Waals surface area contributed by atoms with E-state index in [9.17, 15) is 4.79 Å². The highest BCUT2D eigenvalue weighted by Gasteiger charge is 2.01. The van der Waals surface area contributed by atoms with Crippen molar-refractivity contribution in [1.29, 1.82) is 0 Å². The van der Waals surface area contributed by atoms with E-state index in [0.717, 1.165) is 18.7 Å². The van der Waals surface area contributed by atoms with E-state index in [1.165, 1.54) is 12.7 Å². The predicted molar refractivity (Wildman–Crippen MR) is 62.6 cm³/mol. The van der Waals surface area contributed by atoms with E-state index in [-0.39, 0.29) is 5.97 Å². The Morgan fingerprint density at radius 2 is 2.40 bits per heavy atom. The Hall–Kier alpha value is -1.16. The molecule has 1 aromatic rings. The van der Waals surface area contributed by atoms with Crippen molar-refractivity contribution in [3.8, 4) is 0 Å². The van der Waals surface area contributed by atoms with Crippen LogP contribution in [0.3, 0.4) is 0 Å². The summed E-state index contributed by atoms with van der Waals surface area (Å²) in [6.07, 6.45) is 1.22. The monoisotopic (exact) mass is 225 g/mol. The van der Waals surface area contributed by atoms with Crippen LogP contribution >= 0.6 is 11.3 Å². The number of aliphatic imine (C=N–C) groups is 1. The summed E-state index contributed by atoms with van der Waals surface area (Å²) < 4.78 is 4.55. The number of thiophene rings is 1. The first-order valence-electron chi connectivity index (χ1n) is 4.80. The maximum Gasteiger partial charge on any atom is 0.311 e. The molecule has 0 unspecified atom stereocenters. The van der Waals surface area contributed by atoms with E-state index >= 15 is 0 Å². The Kier molecular flexibility index (Phi) is 5.04. The van der Waals surface area contributed by atoms with Crippen LogP contribution in [0.1, 0.15) is 18.9 Å². The molecule has 1 aromatic heterocycles. The van der Waals surface area contributed by atoms with Gasteiger partial charge in [0.2, 0.25) is 0 Å².